The first-order valence-corrected chi connectivity index (χ1v) is 8.01. The van der Waals surface area contributed by atoms with Crippen LogP contribution in [0.5, 0.6) is 0 Å². The molecule has 0 saturated carbocycles. The molecule has 1 aromatic heterocycles. The number of nitrogens with one attached hydrogen (secondary N) is 1. The molecule has 1 fully saturated rings. The van der Waals surface area contributed by atoms with Crippen LogP contribution in [-0.4, -0.2) is 35.6 Å². The maximum Gasteiger partial charge on any atom is 0.0897 e. The highest BCUT2D eigenvalue weighted by Crippen LogP contribution is 2.12. The van der Waals surface area contributed by atoms with Gasteiger partial charge in [-0.1, -0.05) is 11.6 Å². The van der Waals surface area contributed by atoms with Crippen molar-refractivity contribution < 1.29 is 0 Å². The lowest BCUT2D eigenvalue weighted by molar-refractivity contribution is 0.214. The van der Waals surface area contributed by atoms with Gasteiger partial charge >= 0.3 is 0 Å². The fourth-order valence-corrected chi connectivity index (χ4v) is 2.98. The van der Waals surface area contributed by atoms with Crippen LogP contribution in [0.25, 0.3) is 0 Å². The zero-order valence-corrected chi connectivity index (χ0v) is 13.1. The van der Waals surface area contributed by atoms with Gasteiger partial charge < -0.3 is 5.32 Å². The van der Waals surface area contributed by atoms with E-state index in [1.807, 2.05) is 0 Å². The number of aryl methyl sites for hydroxylation is 1. The van der Waals surface area contributed by atoms with E-state index in [9.17, 15) is 0 Å². The molecule has 0 aromatic carbocycles. The van der Waals surface area contributed by atoms with Crippen molar-refractivity contribution in [3.8, 4) is 0 Å². The molecular weight excluding hydrogens is 254 g/mol. The minimum absolute atomic E-state index is 0.657. The number of likely N-dealkylation sites (tertiary alicyclic amines) is 1. The Morgan fingerprint density at radius 2 is 2.21 bits per heavy atom. The van der Waals surface area contributed by atoms with Crippen LogP contribution >= 0.6 is 11.3 Å². The SMILES string of the molecule is CC(C)=CCN1CCC(NCc2csc(C)n2)CC1. The third kappa shape index (κ3) is 5.05. The Kier molecular flexibility index (Phi) is 5.55. The Labute approximate surface area is 120 Å². The molecule has 2 heterocycles. The van der Waals surface area contributed by atoms with E-state index in [0.717, 1.165) is 18.1 Å². The van der Waals surface area contributed by atoms with Crippen molar-refractivity contribution in [1.29, 1.82) is 0 Å². The van der Waals surface area contributed by atoms with E-state index in [0.29, 0.717) is 6.04 Å². The third-order valence-corrected chi connectivity index (χ3v) is 4.41. The van der Waals surface area contributed by atoms with Crippen LogP contribution in [0.4, 0.5) is 0 Å². The lowest BCUT2D eigenvalue weighted by Crippen LogP contribution is -2.42. The normalized spacial score (nSPS) is 17.6. The minimum atomic E-state index is 0.657. The molecule has 0 aliphatic carbocycles. The van der Waals surface area contributed by atoms with Gasteiger partial charge in [0.15, 0.2) is 0 Å². The minimum Gasteiger partial charge on any atom is -0.308 e. The number of aromatic nitrogens is 1. The number of rotatable bonds is 5. The fraction of sp³-hybridized carbons (Fsp3) is 0.667. The maximum absolute atomic E-state index is 4.50. The summed E-state index contributed by atoms with van der Waals surface area (Å²) in [6, 6.07) is 0.657. The highest BCUT2D eigenvalue weighted by Gasteiger charge is 2.17. The predicted molar refractivity (Wildman–Crippen MR) is 82.6 cm³/mol. The van der Waals surface area contributed by atoms with E-state index in [-0.39, 0.29) is 0 Å². The van der Waals surface area contributed by atoms with Crippen molar-refractivity contribution >= 4 is 11.3 Å². The molecule has 2 rings (SSSR count). The zero-order chi connectivity index (χ0) is 13.7. The number of hydrogen-bond donors (Lipinski definition) is 1. The second-order valence-corrected chi connectivity index (χ2v) is 6.66. The van der Waals surface area contributed by atoms with E-state index in [1.165, 1.54) is 37.2 Å². The molecule has 3 nitrogen and oxygen atoms in total. The number of thiazole rings is 1. The monoisotopic (exact) mass is 279 g/mol. The molecule has 0 amide bonds. The summed E-state index contributed by atoms with van der Waals surface area (Å²) >= 11 is 1.73. The Balaban J connectivity index is 1.67. The van der Waals surface area contributed by atoms with Crippen molar-refractivity contribution in [3.63, 3.8) is 0 Å². The Morgan fingerprint density at radius 3 is 2.79 bits per heavy atom. The molecule has 1 aromatic rings. The number of nitrogens with zero attached hydrogens (tertiary/aromatic N) is 2. The summed E-state index contributed by atoms with van der Waals surface area (Å²) in [4.78, 5) is 7.04. The molecule has 0 atom stereocenters. The summed E-state index contributed by atoms with van der Waals surface area (Å²) in [6.07, 6.45) is 4.82. The quantitative estimate of drug-likeness (QED) is 0.840. The fourth-order valence-electron chi connectivity index (χ4n) is 2.37. The van der Waals surface area contributed by atoms with E-state index in [1.54, 1.807) is 11.3 Å². The van der Waals surface area contributed by atoms with Crippen LogP contribution in [0, 0.1) is 6.92 Å². The number of allylic oxidation sites excluding steroid dienone is 1. The smallest absolute Gasteiger partial charge is 0.0897 e. The number of piperidine rings is 1. The molecule has 1 saturated heterocycles. The van der Waals surface area contributed by atoms with Crippen molar-refractivity contribution in [2.24, 2.45) is 0 Å². The first-order valence-electron chi connectivity index (χ1n) is 7.13. The molecule has 0 radical (unpaired) electrons. The molecule has 1 aliphatic heterocycles. The van der Waals surface area contributed by atoms with E-state index in [2.05, 4.69) is 47.4 Å². The van der Waals surface area contributed by atoms with Crippen LogP contribution in [0.2, 0.25) is 0 Å². The zero-order valence-electron chi connectivity index (χ0n) is 12.3. The van der Waals surface area contributed by atoms with Gasteiger partial charge in [0.25, 0.3) is 0 Å². The van der Waals surface area contributed by atoms with Gasteiger partial charge in [0.1, 0.15) is 0 Å². The highest BCUT2D eigenvalue weighted by molar-refractivity contribution is 7.09. The van der Waals surface area contributed by atoms with Crippen molar-refractivity contribution in [1.82, 2.24) is 15.2 Å². The van der Waals surface area contributed by atoms with Crippen LogP contribution in [0.3, 0.4) is 0 Å². The summed E-state index contributed by atoms with van der Waals surface area (Å²) in [5, 5.41) is 6.96. The molecule has 1 aliphatic rings. The topological polar surface area (TPSA) is 28.2 Å². The second kappa shape index (κ2) is 7.17. The van der Waals surface area contributed by atoms with Crippen molar-refractivity contribution in [2.75, 3.05) is 19.6 Å². The third-order valence-electron chi connectivity index (χ3n) is 3.58. The Hall–Kier alpha value is -0.710. The standard InChI is InChI=1S/C15H25N3S/c1-12(2)4-7-18-8-5-14(6-9-18)16-10-15-11-19-13(3)17-15/h4,11,14,16H,5-10H2,1-3H3. The molecule has 1 N–H and O–H groups in total. The van der Waals surface area contributed by atoms with Gasteiger partial charge in [0, 0.05) is 24.5 Å². The molecule has 0 spiro atoms. The van der Waals surface area contributed by atoms with Gasteiger partial charge in [-0.3, -0.25) is 4.90 Å². The average Bonchev–Trinajstić information content (AvgIpc) is 2.81. The van der Waals surface area contributed by atoms with Crippen LogP contribution in [-0.2, 0) is 6.54 Å². The molecule has 4 heteroatoms. The van der Waals surface area contributed by atoms with Gasteiger partial charge in [-0.25, -0.2) is 4.98 Å². The lowest BCUT2D eigenvalue weighted by atomic mass is 10.0. The first-order chi connectivity index (χ1) is 9.13. The molecule has 0 bridgehead atoms. The summed E-state index contributed by atoms with van der Waals surface area (Å²) in [6.45, 7) is 10.8. The van der Waals surface area contributed by atoms with Gasteiger partial charge in [-0.2, -0.15) is 0 Å². The lowest BCUT2D eigenvalue weighted by Gasteiger charge is -2.31. The van der Waals surface area contributed by atoms with Crippen LogP contribution < -0.4 is 5.32 Å². The summed E-state index contributed by atoms with van der Waals surface area (Å²) < 4.78 is 0. The summed E-state index contributed by atoms with van der Waals surface area (Å²) in [5.74, 6) is 0. The van der Waals surface area contributed by atoms with Gasteiger partial charge in [-0.05, 0) is 46.7 Å². The van der Waals surface area contributed by atoms with E-state index >= 15 is 0 Å². The van der Waals surface area contributed by atoms with E-state index in [4.69, 9.17) is 0 Å². The maximum atomic E-state index is 4.50. The van der Waals surface area contributed by atoms with Crippen molar-refractivity contribution in [3.05, 3.63) is 27.7 Å². The molecule has 0 unspecified atom stereocenters. The summed E-state index contributed by atoms with van der Waals surface area (Å²) in [7, 11) is 0. The molecular formula is C15H25N3S. The number of hydrogen-bond acceptors (Lipinski definition) is 4. The van der Waals surface area contributed by atoms with Crippen molar-refractivity contribution in [2.45, 2.75) is 46.2 Å². The first kappa shape index (κ1) is 14.7. The molecule has 19 heavy (non-hydrogen) atoms. The van der Waals surface area contributed by atoms with Crippen LogP contribution in [0.15, 0.2) is 17.0 Å². The van der Waals surface area contributed by atoms with Gasteiger partial charge in [-0.15, -0.1) is 11.3 Å². The van der Waals surface area contributed by atoms with E-state index < -0.39 is 0 Å². The molecule has 106 valence electrons. The Morgan fingerprint density at radius 1 is 1.47 bits per heavy atom. The Bertz CT molecular complexity index is 413. The second-order valence-electron chi connectivity index (χ2n) is 5.60. The summed E-state index contributed by atoms with van der Waals surface area (Å²) in [5.41, 5.74) is 2.61. The predicted octanol–water partition coefficient (Wildman–Crippen LogP) is 2.97. The highest BCUT2D eigenvalue weighted by atomic mass is 32.1. The average molecular weight is 279 g/mol. The van der Waals surface area contributed by atoms with Gasteiger partial charge in [0.05, 0.1) is 10.7 Å². The largest absolute Gasteiger partial charge is 0.308 e. The van der Waals surface area contributed by atoms with Crippen LogP contribution in [0.1, 0.15) is 37.4 Å². The van der Waals surface area contributed by atoms with Gasteiger partial charge in [0.2, 0.25) is 0 Å².